The predicted molar refractivity (Wildman–Crippen MR) is 80.7 cm³/mol. The molecule has 3 N–H and O–H groups in total. The number of nitrogens with two attached hydrogens (primary N) is 1. The molecule has 0 aliphatic heterocycles. The van der Waals surface area contributed by atoms with Gasteiger partial charge in [0, 0.05) is 6.92 Å². The first-order chi connectivity index (χ1) is 9.44. The van der Waals surface area contributed by atoms with Gasteiger partial charge in [-0.15, -0.1) is 0 Å². The normalized spacial score (nSPS) is 18.3. The number of hydrogen-bond donors (Lipinski definition) is 2. The van der Waals surface area contributed by atoms with Crippen LogP contribution in [0.25, 0.3) is 0 Å². The minimum atomic E-state index is -0.587. The second kappa shape index (κ2) is 5.91. The van der Waals surface area contributed by atoms with Crippen molar-refractivity contribution in [3.05, 3.63) is 17.3 Å². The molecule has 1 aliphatic carbocycles. The van der Waals surface area contributed by atoms with E-state index in [0.29, 0.717) is 16.6 Å². The average molecular weight is 295 g/mol. The van der Waals surface area contributed by atoms with Crippen molar-refractivity contribution in [3.8, 4) is 0 Å². The molecule has 6 heteroatoms. The van der Waals surface area contributed by atoms with E-state index in [2.05, 4.69) is 10.3 Å². The SMILES string of the molecule is Cc1nc(C)c(C(=O)NC2(C(N)=S)CCCCCC2)o1. The van der Waals surface area contributed by atoms with Crippen LogP contribution in [0.2, 0.25) is 0 Å². The summed E-state index contributed by atoms with van der Waals surface area (Å²) >= 11 is 5.21. The molecule has 1 amide bonds. The first-order valence-corrected chi connectivity index (χ1v) is 7.42. The minimum Gasteiger partial charge on any atom is -0.436 e. The summed E-state index contributed by atoms with van der Waals surface area (Å²) in [6, 6.07) is 0. The number of nitrogens with one attached hydrogen (secondary N) is 1. The maximum absolute atomic E-state index is 12.4. The van der Waals surface area contributed by atoms with Crippen molar-refractivity contribution in [1.82, 2.24) is 10.3 Å². The summed E-state index contributed by atoms with van der Waals surface area (Å²) in [6.07, 6.45) is 5.93. The van der Waals surface area contributed by atoms with Gasteiger partial charge in [-0.25, -0.2) is 4.98 Å². The van der Waals surface area contributed by atoms with Gasteiger partial charge in [0.25, 0.3) is 5.91 Å². The van der Waals surface area contributed by atoms with Crippen LogP contribution in [0.4, 0.5) is 0 Å². The Labute approximate surface area is 124 Å². The van der Waals surface area contributed by atoms with Crippen molar-refractivity contribution in [3.63, 3.8) is 0 Å². The largest absolute Gasteiger partial charge is 0.436 e. The van der Waals surface area contributed by atoms with Crippen LogP contribution in [0.1, 0.15) is 60.7 Å². The van der Waals surface area contributed by atoms with Gasteiger partial charge in [0.2, 0.25) is 5.76 Å². The number of thiocarbonyl (C=S) groups is 1. The number of aryl methyl sites for hydroxylation is 2. The molecule has 0 aromatic carbocycles. The number of aromatic nitrogens is 1. The minimum absolute atomic E-state index is 0.252. The van der Waals surface area contributed by atoms with Crippen LogP contribution >= 0.6 is 12.2 Å². The van der Waals surface area contributed by atoms with Crippen molar-refractivity contribution in [2.75, 3.05) is 0 Å². The van der Waals surface area contributed by atoms with Gasteiger partial charge < -0.3 is 15.5 Å². The Morgan fingerprint density at radius 3 is 2.35 bits per heavy atom. The van der Waals surface area contributed by atoms with Gasteiger partial charge in [-0.2, -0.15) is 0 Å². The first-order valence-electron chi connectivity index (χ1n) is 7.01. The molecular formula is C14H21N3O2S. The zero-order valence-electron chi connectivity index (χ0n) is 12.0. The van der Waals surface area contributed by atoms with Crippen molar-refractivity contribution in [2.24, 2.45) is 5.73 Å². The first kappa shape index (κ1) is 15.0. The predicted octanol–water partition coefficient (Wildman–Crippen LogP) is 2.40. The van der Waals surface area contributed by atoms with Gasteiger partial charge in [-0.3, -0.25) is 4.79 Å². The topological polar surface area (TPSA) is 81.2 Å². The highest BCUT2D eigenvalue weighted by Crippen LogP contribution is 2.28. The monoisotopic (exact) mass is 295 g/mol. The van der Waals surface area contributed by atoms with Crippen molar-refractivity contribution in [2.45, 2.75) is 57.9 Å². The second-order valence-electron chi connectivity index (χ2n) is 5.46. The molecule has 1 fully saturated rings. The molecule has 0 bridgehead atoms. The third-order valence-corrected chi connectivity index (χ3v) is 4.28. The van der Waals surface area contributed by atoms with Crippen LogP contribution in [0, 0.1) is 13.8 Å². The highest BCUT2D eigenvalue weighted by Gasteiger charge is 2.36. The summed E-state index contributed by atoms with van der Waals surface area (Å²) in [5.74, 6) is 0.457. The third-order valence-electron chi connectivity index (χ3n) is 3.89. The number of oxazole rings is 1. The molecule has 1 aromatic rings. The van der Waals surface area contributed by atoms with Gasteiger partial charge in [0.1, 0.15) is 0 Å². The fourth-order valence-electron chi connectivity index (χ4n) is 2.78. The van der Waals surface area contributed by atoms with E-state index >= 15 is 0 Å². The fraction of sp³-hybridized carbons (Fsp3) is 0.643. The molecule has 0 atom stereocenters. The van der Waals surface area contributed by atoms with Crippen LogP contribution < -0.4 is 11.1 Å². The molecule has 1 aromatic heterocycles. The Morgan fingerprint density at radius 1 is 1.30 bits per heavy atom. The van der Waals surface area contributed by atoms with E-state index in [1.54, 1.807) is 13.8 Å². The lowest BCUT2D eigenvalue weighted by Crippen LogP contribution is -2.56. The van der Waals surface area contributed by atoms with Gasteiger partial charge >= 0.3 is 0 Å². The van der Waals surface area contributed by atoms with Gasteiger partial charge in [0.05, 0.1) is 16.2 Å². The third kappa shape index (κ3) is 3.00. The van der Waals surface area contributed by atoms with Crippen LogP contribution in [0.15, 0.2) is 4.42 Å². The Bertz CT molecular complexity index is 516. The Morgan fingerprint density at radius 2 is 1.90 bits per heavy atom. The molecular weight excluding hydrogens is 274 g/mol. The van der Waals surface area contributed by atoms with Gasteiger partial charge in [-0.05, 0) is 19.8 Å². The average Bonchev–Trinajstić information content (AvgIpc) is 2.60. The lowest BCUT2D eigenvalue weighted by Gasteiger charge is -2.32. The number of carbonyl (C=O) groups excluding carboxylic acids is 1. The quantitative estimate of drug-likeness (QED) is 0.661. The summed E-state index contributed by atoms with van der Waals surface area (Å²) in [7, 11) is 0. The molecule has 1 heterocycles. The lowest BCUT2D eigenvalue weighted by atomic mass is 9.90. The lowest BCUT2D eigenvalue weighted by molar-refractivity contribution is 0.0887. The zero-order valence-corrected chi connectivity index (χ0v) is 12.8. The summed E-state index contributed by atoms with van der Waals surface area (Å²) < 4.78 is 5.37. The zero-order chi connectivity index (χ0) is 14.8. The fourth-order valence-corrected chi connectivity index (χ4v) is 3.04. The van der Waals surface area contributed by atoms with Crippen molar-refractivity contribution in [1.29, 1.82) is 0 Å². The van der Waals surface area contributed by atoms with E-state index < -0.39 is 5.54 Å². The molecule has 2 rings (SSSR count). The van der Waals surface area contributed by atoms with Crippen molar-refractivity contribution < 1.29 is 9.21 Å². The molecule has 5 nitrogen and oxygen atoms in total. The Balaban J connectivity index is 2.21. The van der Waals surface area contributed by atoms with E-state index in [-0.39, 0.29) is 11.7 Å². The highest BCUT2D eigenvalue weighted by molar-refractivity contribution is 7.80. The van der Waals surface area contributed by atoms with E-state index in [1.165, 1.54) is 0 Å². The van der Waals surface area contributed by atoms with E-state index in [1.807, 2.05) is 0 Å². The number of amides is 1. The molecule has 0 unspecified atom stereocenters. The Hall–Kier alpha value is -1.43. The van der Waals surface area contributed by atoms with E-state index in [4.69, 9.17) is 22.4 Å². The standard InChI is InChI=1S/C14H21N3O2S/c1-9-11(19-10(2)16-9)12(18)17-14(13(15)20)7-5-3-4-6-8-14/h3-8H2,1-2H3,(H2,15,20)(H,17,18). The molecule has 0 spiro atoms. The summed E-state index contributed by atoms with van der Waals surface area (Å²) in [6.45, 7) is 3.48. The summed E-state index contributed by atoms with van der Waals surface area (Å²) in [5.41, 5.74) is 5.91. The van der Waals surface area contributed by atoms with Crippen molar-refractivity contribution >= 4 is 23.1 Å². The van der Waals surface area contributed by atoms with Crippen LogP contribution in [-0.2, 0) is 0 Å². The molecule has 0 radical (unpaired) electrons. The number of hydrogen-bond acceptors (Lipinski definition) is 4. The maximum atomic E-state index is 12.4. The van der Waals surface area contributed by atoms with Gasteiger partial charge in [0.15, 0.2) is 5.89 Å². The number of rotatable bonds is 3. The Kier molecular flexibility index (Phi) is 4.42. The number of carbonyl (C=O) groups is 1. The van der Waals surface area contributed by atoms with Gasteiger partial charge in [-0.1, -0.05) is 37.9 Å². The molecule has 20 heavy (non-hydrogen) atoms. The van der Waals surface area contributed by atoms with Crippen LogP contribution in [0.3, 0.4) is 0 Å². The van der Waals surface area contributed by atoms with E-state index in [9.17, 15) is 4.79 Å². The van der Waals surface area contributed by atoms with Crippen LogP contribution in [0.5, 0.6) is 0 Å². The smallest absolute Gasteiger partial charge is 0.289 e. The summed E-state index contributed by atoms with van der Waals surface area (Å²) in [5, 5.41) is 3.00. The molecule has 0 saturated heterocycles. The molecule has 1 saturated carbocycles. The molecule has 110 valence electrons. The summed E-state index contributed by atoms with van der Waals surface area (Å²) in [4.78, 5) is 16.9. The van der Waals surface area contributed by atoms with E-state index in [0.717, 1.165) is 38.5 Å². The number of nitrogens with zero attached hydrogens (tertiary/aromatic N) is 1. The second-order valence-corrected chi connectivity index (χ2v) is 5.90. The maximum Gasteiger partial charge on any atom is 0.289 e. The highest BCUT2D eigenvalue weighted by atomic mass is 32.1. The molecule has 1 aliphatic rings. The van der Waals surface area contributed by atoms with Crippen LogP contribution in [-0.4, -0.2) is 21.4 Å².